The monoisotopic (exact) mass is 234 g/mol. The van der Waals surface area contributed by atoms with E-state index < -0.39 is 0 Å². The normalized spacial score (nSPS) is 10.8. The third kappa shape index (κ3) is 1.63. The first-order valence-corrected chi connectivity index (χ1v) is 5.67. The molecular formula is C13H15ClN2. The Balaban J connectivity index is 2.96. The van der Waals surface area contributed by atoms with Gasteiger partial charge in [-0.25, -0.2) is 0 Å². The average Bonchev–Trinajstić information content (AvgIpc) is 2.22. The molecule has 0 aliphatic carbocycles. The lowest BCUT2D eigenvalue weighted by molar-refractivity contribution is 1.18. The number of nitrogens with zero attached hydrogens (tertiary/aromatic N) is 1. The second-order valence-corrected chi connectivity index (χ2v) is 4.50. The van der Waals surface area contributed by atoms with Crippen molar-refractivity contribution in [2.45, 2.75) is 20.8 Å². The van der Waals surface area contributed by atoms with Crippen LogP contribution in [-0.4, -0.2) is 12.0 Å². The summed E-state index contributed by atoms with van der Waals surface area (Å²) in [6.45, 7) is 6.14. The zero-order valence-corrected chi connectivity index (χ0v) is 10.7. The van der Waals surface area contributed by atoms with E-state index in [1.54, 1.807) is 0 Å². The molecule has 3 heteroatoms. The molecule has 0 saturated heterocycles. The van der Waals surface area contributed by atoms with Crippen LogP contribution in [0.15, 0.2) is 12.1 Å². The molecule has 2 rings (SSSR count). The molecule has 0 aliphatic heterocycles. The molecule has 2 aromatic rings. The van der Waals surface area contributed by atoms with E-state index in [0.717, 1.165) is 32.9 Å². The van der Waals surface area contributed by atoms with Gasteiger partial charge in [0, 0.05) is 28.8 Å². The fourth-order valence-electron chi connectivity index (χ4n) is 2.03. The van der Waals surface area contributed by atoms with Crippen LogP contribution in [0.2, 0.25) is 5.02 Å². The molecular weight excluding hydrogens is 220 g/mol. The first-order chi connectivity index (χ1) is 7.54. The van der Waals surface area contributed by atoms with E-state index in [4.69, 9.17) is 11.6 Å². The Labute approximate surface area is 101 Å². The van der Waals surface area contributed by atoms with Gasteiger partial charge in [0.2, 0.25) is 0 Å². The Morgan fingerprint density at radius 2 is 1.88 bits per heavy atom. The quantitative estimate of drug-likeness (QED) is 0.811. The summed E-state index contributed by atoms with van der Waals surface area (Å²) in [7, 11) is 1.93. The number of hydrogen-bond acceptors (Lipinski definition) is 2. The summed E-state index contributed by atoms with van der Waals surface area (Å²) in [5, 5.41) is 5.08. The third-order valence-corrected chi connectivity index (χ3v) is 3.20. The van der Waals surface area contributed by atoms with Crippen LogP contribution in [0.3, 0.4) is 0 Å². The molecule has 0 unspecified atom stereocenters. The van der Waals surface area contributed by atoms with Crippen molar-refractivity contribution in [3.8, 4) is 0 Å². The predicted octanol–water partition coefficient (Wildman–Crippen LogP) is 3.86. The summed E-state index contributed by atoms with van der Waals surface area (Å²) < 4.78 is 0. The van der Waals surface area contributed by atoms with Crippen molar-refractivity contribution in [2.75, 3.05) is 12.4 Å². The number of fused-ring (bicyclic) bond motifs is 1. The molecule has 0 atom stereocenters. The Kier molecular flexibility index (Phi) is 2.76. The average molecular weight is 235 g/mol. The van der Waals surface area contributed by atoms with Gasteiger partial charge in [-0.3, -0.25) is 4.98 Å². The first-order valence-electron chi connectivity index (χ1n) is 5.29. The highest BCUT2D eigenvalue weighted by atomic mass is 35.5. The summed E-state index contributed by atoms with van der Waals surface area (Å²) in [4.78, 5) is 4.63. The Hall–Kier alpha value is -1.28. The topological polar surface area (TPSA) is 24.9 Å². The number of halogens is 1. The molecule has 16 heavy (non-hydrogen) atoms. The van der Waals surface area contributed by atoms with E-state index in [9.17, 15) is 0 Å². The second-order valence-electron chi connectivity index (χ2n) is 4.07. The summed E-state index contributed by atoms with van der Waals surface area (Å²) in [5.41, 5.74) is 5.49. The lowest BCUT2D eigenvalue weighted by Crippen LogP contribution is -1.99. The first kappa shape index (κ1) is 11.2. The lowest BCUT2D eigenvalue weighted by Gasteiger charge is -2.13. The molecule has 1 N–H and O–H groups in total. The maximum absolute atomic E-state index is 6.09. The number of aromatic nitrogens is 1. The highest BCUT2D eigenvalue weighted by Crippen LogP contribution is 2.31. The summed E-state index contributed by atoms with van der Waals surface area (Å²) >= 11 is 6.09. The molecule has 0 bridgehead atoms. The van der Waals surface area contributed by atoms with Crippen molar-refractivity contribution in [3.05, 3.63) is 34.0 Å². The maximum atomic E-state index is 6.09. The third-order valence-electron chi connectivity index (χ3n) is 2.98. The number of anilines is 1. The van der Waals surface area contributed by atoms with Gasteiger partial charge in [-0.1, -0.05) is 11.6 Å². The summed E-state index contributed by atoms with van der Waals surface area (Å²) in [5.74, 6) is 0. The number of hydrogen-bond donors (Lipinski definition) is 1. The van der Waals surface area contributed by atoms with Gasteiger partial charge in [-0.05, 0) is 44.0 Å². The number of benzene rings is 1. The molecule has 1 aromatic heterocycles. The number of rotatable bonds is 1. The van der Waals surface area contributed by atoms with Gasteiger partial charge in [0.25, 0.3) is 0 Å². The second kappa shape index (κ2) is 3.95. The Morgan fingerprint density at radius 1 is 1.19 bits per heavy atom. The molecule has 1 heterocycles. The SMILES string of the molecule is CNc1c(C)c(C)nc2c(C)cc(Cl)cc12. The zero-order chi connectivity index (χ0) is 11.9. The highest BCUT2D eigenvalue weighted by Gasteiger charge is 2.10. The smallest absolute Gasteiger partial charge is 0.0756 e. The molecule has 84 valence electrons. The van der Waals surface area contributed by atoms with Gasteiger partial charge in [-0.2, -0.15) is 0 Å². The van der Waals surface area contributed by atoms with Crippen molar-refractivity contribution < 1.29 is 0 Å². The van der Waals surface area contributed by atoms with Crippen LogP contribution >= 0.6 is 11.6 Å². The molecule has 0 aliphatic rings. The van der Waals surface area contributed by atoms with Crippen molar-refractivity contribution in [3.63, 3.8) is 0 Å². The van der Waals surface area contributed by atoms with Gasteiger partial charge in [0.15, 0.2) is 0 Å². The van der Waals surface area contributed by atoms with Crippen LogP contribution in [0.5, 0.6) is 0 Å². The maximum Gasteiger partial charge on any atom is 0.0756 e. The minimum absolute atomic E-state index is 0.756. The summed E-state index contributed by atoms with van der Waals surface area (Å²) in [6, 6.07) is 3.92. The van der Waals surface area contributed by atoms with Crippen molar-refractivity contribution in [1.82, 2.24) is 4.98 Å². The van der Waals surface area contributed by atoms with E-state index in [1.807, 2.05) is 33.0 Å². The van der Waals surface area contributed by atoms with Crippen LogP contribution < -0.4 is 5.32 Å². The fraction of sp³-hybridized carbons (Fsp3) is 0.308. The number of pyridine rings is 1. The largest absolute Gasteiger partial charge is 0.387 e. The predicted molar refractivity (Wildman–Crippen MR) is 70.5 cm³/mol. The highest BCUT2D eigenvalue weighted by molar-refractivity contribution is 6.31. The van der Waals surface area contributed by atoms with Crippen LogP contribution in [-0.2, 0) is 0 Å². The zero-order valence-electron chi connectivity index (χ0n) is 9.98. The standard InChI is InChI=1S/C13H15ClN2/c1-7-5-10(14)6-11-12(7)16-9(3)8(2)13(11)15-4/h5-6H,1-4H3,(H,15,16). The Morgan fingerprint density at radius 3 is 2.50 bits per heavy atom. The molecule has 0 amide bonds. The minimum atomic E-state index is 0.756. The van der Waals surface area contributed by atoms with E-state index in [0.29, 0.717) is 0 Å². The van der Waals surface area contributed by atoms with Gasteiger partial charge in [0.1, 0.15) is 0 Å². The van der Waals surface area contributed by atoms with Gasteiger partial charge >= 0.3 is 0 Å². The number of aryl methyl sites for hydroxylation is 2. The van der Waals surface area contributed by atoms with Crippen LogP contribution in [0, 0.1) is 20.8 Å². The number of nitrogens with one attached hydrogen (secondary N) is 1. The molecule has 0 saturated carbocycles. The lowest BCUT2D eigenvalue weighted by atomic mass is 10.0. The van der Waals surface area contributed by atoms with Crippen LogP contribution in [0.1, 0.15) is 16.8 Å². The molecule has 0 radical (unpaired) electrons. The van der Waals surface area contributed by atoms with E-state index in [2.05, 4.69) is 17.2 Å². The molecule has 1 aromatic carbocycles. The van der Waals surface area contributed by atoms with E-state index >= 15 is 0 Å². The van der Waals surface area contributed by atoms with Crippen LogP contribution in [0.4, 0.5) is 5.69 Å². The molecule has 0 fully saturated rings. The van der Waals surface area contributed by atoms with Crippen LogP contribution in [0.25, 0.3) is 10.9 Å². The molecule has 2 nitrogen and oxygen atoms in total. The van der Waals surface area contributed by atoms with Crippen molar-refractivity contribution >= 4 is 28.2 Å². The van der Waals surface area contributed by atoms with Crippen molar-refractivity contribution in [2.24, 2.45) is 0 Å². The van der Waals surface area contributed by atoms with Gasteiger partial charge in [0.05, 0.1) is 5.52 Å². The van der Waals surface area contributed by atoms with Gasteiger partial charge in [-0.15, -0.1) is 0 Å². The van der Waals surface area contributed by atoms with E-state index in [1.165, 1.54) is 5.56 Å². The van der Waals surface area contributed by atoms with E-state index in [-0.39, 0.29) is 0 Å². The fourth-order valence-corrected chi connectivity index (χ4v) is 2.30. The Bertz CT molecular complexity index is 562. The summed E-state index contributed by atoms with van der Waals surface area (Å²) in [6.07, 6.45) is 0. The van der Waals surface area contributed by atoms with Gasteiger partial charge < -0.3 is 5.32 Å². The minimum Gasteiger partial charge on any atom is -0.387 e. The molecule has 0 spiro atoms. The van der Waals surface area contributed by atoms with Crippen molar-refractivity contribution in [1.29, 1.82) is 0 Å².